The predicted octanol–water partition coefficient (Wildman–Crippen LogP) is 0.279. The maximum atomic E-state index is 12.8. The molecule has 0 saturated carbocycles. The van der Waals surface area contributed by atoms with Crippen LogP contribution in [0.2, 0.25) is 0 Å². The Morgan fingerprint density at radius 1 is 1.41 bits per heavy atom. The van der Waals surface area contributed by atoms with Crippen molar-refractivity contribution in [1.29, 1.82) is 0 Å². The van der Waals surface area contributed by atoms with Crippen LogP contribution in [0.15, 0.2) is 42.5 Å². The molecule has 5 atom stereocenters. The van der Waals surface area contributed by atoms with Crippen molar-refractivity contribution < 1.29 is 19.4 Å². The van der Waals surface area contributed by atoms with Gasteiger partial charge >= 0.3 is 0 Å². The molecule has 2 fully saturated rings. The number of fused-ring (bicyclic) bond motifs is 1. The summed E-state index contributed by atoms with van der Waals surface area (Å²) in [5.74, 6) is -2.91. The van der Waals surface area contributed by atoms with Gasteiger partial charge in [0, 0.05) is 11.9 Å². The van der Waals surface area contributed by atoms with Gasteiger partial charge in [-0.3, -0.25) is 4.79 Å². The third kappa shape index (κ3) is 1.63. The molecule has 3 heterocycles. The number of nitrogens with zero attached hydrogens (tertiary/aromatic N) is 1. The summed E-state index contributed by atoms with van der Waals surface area (Å²) in [6.07, 6.45) is 3.08. The number of carboxylic acid groups (broad SMARTS) is 1. The molecule has 1 amide bonds. The van der Waals surface area contributed by atoms with Gasteiger partial charge in [-0.15, -0.1) is 0 Å². The van der Waals surface area contributed by atoms with E-state index in [1.54, 1.807) is 11.0 Å². The Morgan fingerprint density at radius 2 is 2.14 bits per heavy atom. The Balaban J connectivity index is 1.68. The number of hydrogen-bond donors (Lipinski definition) is 0. The molecular formula is C17H16NO4-. The molecule has 1 aromatic rings. The second-order valence-electron chi connectivity index (χ2n) is 6.27. The molecular weight excluding hydrogens is 282 g/mol. The van der Waals surface area contributed by atoms with Gasteiger partial charge in [-0.2, -0.15) is 0 Å². The van der Waals surface area contributed by atoms with Crippen molar-refractivity contribution in [3.05, 3.63) is 48.0 Å². The van der Waals surface area contributed by atoms with Crippen molar-refractivity contribution in [2.24, 2.45) is 11.8 Å². The summed E-state index contributed by atoms with van der Waals surface area (Å²) in [5, 5.41) is 11.4. The van der Waals surface area contributed by atoms with Gasteiger partial charge in [0.1, 0.15) is 5.60 Å². The van der Waals surface area contributed by atoms with E-state index in [-0.39, 0.29) is 11.9 Å². The lowest BCUT2D eigenvalue weighted by atomic mass is 9.77. The number of carbonyl (C=O) groups is 2. The minimum atomic E-state index is -1.20. The lowest BCUT2D eigenvalue weighted by Gasteiger charge is -2.28. The number of carboxylic acids is 1. The Morgan fingerprint density at radius 3 is 2.82 bits per heavy atom. The molecule has 0 radical (unpaired) electrons. The van der Waals surface area contributed by atoms with Gasteiger partial charge in [-0.25, -0.2) is 0 Å². The Labute approximate surface area is 128 Å². The highest BCUT2D eigenvalue weighted by atomic mass is 16.5. The molecule has 5 nitrogen and oxygen atoms in total. The molecule has 2 bridgehead atoms. The molecule has 0 aromatic heterocycles. The zero-order chi connectivity index (χ0) is 15.5. The monoisotopic (exact) mass is 298 g/mol. The van der Waals surface area contributed by atoms with Crippen LogP contribution in [-0.4, -0.2) is 35.0 Å². The van der Waals surface area contributed by atoms with Crippen molar-refractivity contribution in [2.75, 3.05) is 6.54 Å². The molecule has 5 heteroatoms. The largest absolute Gasteiger partial charge is 0.550 e. The smallest absolute Gasteiger partial charge is 0.230 e. The van der Waals surface area contributed by atoms with Gasteiger partial charge in [0.05, 0.1) is 24.6 Å². The normalized spacial score (nSPS) is 36.7. The number of likely N-dealkylation sites (tertiary alicyclic amines) is 1. The average Bonchev–Trinajstić information content (AvgIpc) is 3.15. The summed E-state index contributed by atoms with van der Waals surface area (Å²) >= 11 is 0. The number of ether oxygens (including phenoxy) is 1. The van der Waals surface area contributed by atoms with E-state index >= 15 is 0 Å². The molecule has 3 aliphatic heterocycles. The number of aliphatic carboxylic acids is 1. The number of hydrogen-bond acceptors (Lipinski definition) is 4. The highest BCUT2D eigenvalue weighted by molar-refractivity contribution is 5.90. The van der Waals surface area contributed by atoms with Crippen LogP contribution in [-0.2, 0) is 14.3 Å². The van der Waals surface area contributed by atoms with E-state index in [1.807, 2.05) is 43.3 Å². The van der Waals surface area contributed by atoms with Crippen LogP contribution in [0.3, 0.4) is 0 Å². The summed E-state index contributed by atoms with van der Waals surface area (Å²) in [6, 6.07) is 9.60. The zero-order valence-corrected chi connectivity index (χ0v) is 12.1. The first-order chi connectivity index (χ1) is 10.5. The number of benzene rings is 1. The summed E-state index contributed by atoms with van der Waals surface area (Å²) < 4.78 is 5.85. The molecule has 4 rings (SSSR count). The molecule has 22 heavy (non-hydrogen) atoms. The van der Waals surface area contributed by atoms with Crippen LogP contribution in [0.25, 0.3) is 0 Å². The van der Waals surface area contributed by atoms with Crippen LogP contribution in [0.5, 0.6) is 0 Å². The van der Waals surface area contributed by atoms with Crippen molar-refractivity contribution in [3.63, 3.8) is 0 Å². The van der Waals surface area contributed by atoms with Gasteiger partial charge in [-0.05, 0) is 12.5 Å². The van der Waals surface area contributed by atoms with Gasteiger partial charge < -0.3 is 19.5 Å². The van der Waals surface area contributed by atoms with Crippen molar-refractivity contribution in [1.82, 2.24) is 4.90 Å². The van der Waals surface area contributed by atoms with Gasteiger partial charge in [-0.1, -0.05) is 42.5 Å². The molecule has 0 unspecified atom stereocenters. The lowest BCUT2D eigenvalue weighted by molar-refractivity contribution is -0.313. The second kappa shape index (κ2) is 4.43. The summed E-state index contributed by atoms with van der Waals surface area (Å²) in [4.78, 5) is 26.0. The fourth-order valence-electron chi connectivity index (χ4n) is 4.04. The van der Waals surface area contributed by atoms with Crippen molar-refractivity contribution in [3.8, 4) is 0 Å². The van der Waals surface area contributed by atoms with Crippen molar-refractivity contribution >= 4 is 11.9 Å². The molecule has 114 valence electrons. The van der Waals surface area contributed by atoms with E-state index in [9.17, 15) is 14.7 Å². The maximum Gasteiger partial charge on any atom is 0.230 e. The van der Waals surface area contributed by atoms with E-state index in [0.29, 0.717) is 6.54 Å². The highest BCUT2D eigenvalue weighted by Crippen LogP contribution is 2.52. The molecule has 1 aromatic carbocycles. The van der Waals surface area contributed by atoms with E-state index in [4.69, 9.17) is 4.74 Å². The van der Waals surface area contributed by atoms with Gasteiger partial charge in [0.2, 0.25) is 5.91 Å². The Bertz CT molecular complexity index is 670. The predicted molar refractivity (Wildman–Crippen MR) is 75.3 cm³/mol. The Hall–Kier alpha value is -2.14. The number of carbonyl (C=O) groups excluding carboxylic acids is 2. The van der Waals surface area contributed by atoms with Gasteiger partial charge in [0.15, 0.2) is 0 Å². The molecule has 1 spiro atoms. The first-order valence-electron chi connectivity index (χ1n) is 7.47. The summed E-state index contributed by atoms with van der Waals surface area (Å²) in [7, 11) is 0. The standard InChI is InChI=1S/C17H17NO4/c1-10(11-5-3-2-4-6-11)18-9-17-8-7-12(22-17)13(16(20)21)14(17)15(18)19/h2-8,10,12-14H,9H2,1H3,(H,20,21)/p-1/t10-,12-,13-,14+,17-/m1/s1. The van der Waals surface area contributed by atoms with E-state index in [0.717, 1.165) is 5.56 Å². The quantitative estimate of drug-likeness (QED) is 0.752. The number of amides is 1. The Kier molecular flexibility index (Phi) is 2.72. The SMILES string of the molecule is C[C@H](c1ccccc1)N1C[C@@]23C=C[C@@H](O2)[C@@H](C(=O)[O-])[C@H]3C1=O. The van der Waals surface area contributed by atoms with Crippen LogP contribution < -0.4 is 5.11 Å². The van der Waals surface area contributed by atoms with E-state index < -0.39 is 29.5 Å². The minimum Gasteiger partial charge on any atom is -0.550 e. The maximum absolute atomic E-state index is 12.8. The fourth-order valence-corrected chi connectivity index (χ4v) is 4.04. The van der Waals surface area contributed by atoms with Gasteiger partial charge in [0.25, 0.3) is 0 Å². The minimum absolute atomic E-state index is 0.118. The summed E-state index contributed by atoms with van der Waals surface area (Å²) in [6.45, 7) is 2.35. The molecule has 0 N–H and O–H groups in total. The van der Waals surface area contributed by atoms with E-state index in [1.165, 1.54) is 0 Å². The fraction of sp³-hybridized carbons (Fsp3) is 0.412. The molecule has 3 aliphatic rings. The third-order valence-corrected chi connectivity index (χ3v) is 5.15. The first kappa shape index (κ1) is 13.5. The first-order valence-corrected chi connectivity index (χ1v) is 7.47. The van der Waals surface area contributed by atoms with E-state index in [2.05, 4.69) is 0 Å². The molecule has 0 aliphatic carbocycles. The average molecular weight is 298 g/mol. The second-order valence-corrected chi connectivity index (χ2v) is 6.27. The van der Waals surface area contributed by atoms with Crippen molar-refractivity contribution in [2.45, 2.75) is 24.7 Å². The third-order valence-electron chi connectivity index (χ3n) is 5.15. The zero-order valence-electron chi connectivity index (χ0n) is 12.1. The van der Waals surface area contributed by atoms with Crippen LogP contribution >= 0.6 is 0 Å². The lowest BCUT2D eigenvalue weighted by Crippen LogP contribution is -2.45. The van der Waals surface area contributed by atoms with Crippen LogP contribution in [0, 0.1) is 11.8 Å². The highest BCUT2D eigenvalue weighted by Gasteiger charge is 2.65. The van der Waals surface area contributed by atoms with Crippen LogP contribution in [0.1, 0.15) is 18.5 Å². The topological polar surface area (TPSA) is 69.7 Å². The summed E-state index contributed by atoms with van der Waals surface area (Å²) in [5.41, 5.74) is 0.228. The number of rotatable bonds is 3. The molecule has 2 saturated heterocycles. The van der Waals surface area contributed by atoms with Crippen LogP contribution in [0.4, 0.5) is 0 Å².